The second-order valence-corrected chi connectivity index (χ2v) is 8.68. The maximum Gasteiger partial charge on any atom is 0.459 e. The van der Waals surface area contributed by atoms with Crippen LogP contribution in [0.25, 0.3) is 22.8 Å². The molecule has 0 atom stereocenters. The molecule has 0 bridgehead atoms. The normalized spacial score (nSPS) is 14.9. The first-order chi connectivity index (χ1) is 16.5. The van der Waals surface area contributed by atoms with Crippen molar-refractivity contribution in [3.63, 3.8) is 0 Å². The van der Waals surface area contributed by atoms with Crippen LogP contribution in [0.1, 0.15) is 34.5 Å². The van der Waals surface area contributed by atoms with Crippen molar-refractivity contribution in [1.82, 2.24) is 24.6 Å². The number of halogens is 9. The van der Waals surface area contributed by atoms with Gasteiger partial charge in [-0.3, -0.25) is 9.48 Å². The number of imidazole rings is 1. The molecule has 1 aromatic carbocycles. The van der Waals surface area contributed by atoms with Crippen LogP contribution >= 0.6 is 11.6 Å². The van der Waals surface area contributed by atoms with Crippen LogP contribution in [-0.2, 0) is 26.2 Å². The Bertz CT molecular complexity index is 1340. The van der Waals surface area contributed by atoms with E-state index in [1.807, 2.05) is 0 Å². The maximum atomic E-state index is 14.0. The topological polar surface area (TPSA) is 64.7 Å². The average molecular weight is 542 g/mol. The van der Waals surface area contributed by atoms with Crippen LogP contribution in [0.3, 0.4) is 0 Å². The molecule has 0 saturated heterocycles. The van der Waals surface area contributed by atoms with Gasteiger partial charge in [0.2, 0.25) is 0 Å². The standard InChI is InChI=1S/C21H16ClF8N5O/c1-34-8-13(9-3-6-12(22)11(7-9)18(36)31-10-4-5-10)32-17(34)15-14(20(25,26)27)16(33-35(15)2)19(23,24)21(28,29)30/h3,6-8,10H,4-5H2,1-2H3,(H,31,36). The zero-order valence-electron chi connectivity index (χ0n) is 18.4. The van der Waals surface area contributed by atoms with Gasteiger partial charge in [0.05, 0.1) is 16.3 Å². The van der Waals surface area contributed by atoms with E-state index < -0.39 is 47.0 Å². The van der Waals surface area contributed by atoms with Crippen LogP contribution in [0.15, 0.2) is 24.4 Å². The fraction of sp³-hybridized carbons (Fsp3) is 0.381. The Labute approximate surface area is 202 Å². The molecule has 36 heavy (non-hydrogen) atoms. The molecule has 1 fully saturated rings. The second kappa shape index (κ2) is 8.46. The van der Waals surface area contributed by atoms with Crippen LogP contribution < -0.4 is 5.32 Å². The number of aromatic nitrogens is 4. The molecule has 6 nitrogen and oxygen atoms in total. The van der Waals surface area contributed by atoms with E-state index in [1.54, 1.807) is 0 Å². The lowest BCUT2D eigenvalue weighted by molar-refractivity contribution is -0.292. The highest BCUT2D eigenvalue weighted by Gasteiger charge is 2.64. The number of benzene rings is 1. The summed E-state index contributed by atoms with van der Waals surface area (Å²) in [5, 5.41) is 5.75. The molecule has 15 heteroatoms. The summed E-state index contributed by atoms with van der Waals surface area (Å²) >= 11 is 6.10. The summed E-state index contributed by atoms with van der Waals surface area (Å²) in [5.74, 6) is -6.91. The molecule has 3 aromatic rings. The van der Waals surface area contributed by atoms with Crippen molar-refractivity contribution >= 4 is 17.5 Å². The number of amides is 1. The monoisotopic (exact) mass is 541 g/mol. The van der Waals surface area contributed by atoms with Crippen molar-refractivity contribution < 1.29 is 39.9 Å². The Morgan fingerprint density at radius 1 is 1.08 bits per heavy atom. The molecule has 1 N–H and O–H groups in total. The Morgan fingerprint density at radius 3 is 2.28 bits per heavy atom. The average Bonchev–Trinajstić information content (AvgIpc) is 3.36. The number of carbonyl (C=O) groups is 1. The molecular weight excluding hydrogens is 526 g/mol. The zero-order chi connectivity index (χ0) is 26.8. The highest BCUT2D eigenvalue weighted by Crippen LogP contribution is 2.50. The van der Waals surface area contributed by atoms with Gasteiger partial charge in [0.25, 0.3) is 5.91 Å². The molecule has 194 valence electrons. The molecule has 0 radical (unpaired) electrons. The van der Waals surface area contributed by atoms with Crippen molar-refractivity contribution in [3.8, 4) is 22.8 Å². The number of hydrogen-bond acceptors (Lipinski definition) is 3. The van der Waals surface area contributed by atoms with Gasteiger partial charge in [0.1, 0.15) is 11.3 Å². The van der Waals surface area contributed by atoms with Gasteiger partial charge < -0.3 is 9.88 Å². The maximum absolute atomic E-state index is 14.0. The molecule has 1 amide bonds. The number of nitrogens with one attached hydrogen (secondary N) is 1. The zero-order valence-corrected chi connectivity index (χ0v) is 19.2. The number of carbonyl (C=O) groups excluding carboxylic acids is 1. The Balaban J connectivity index is 1.84. The minimum Gasteiger partial charge on any atom is -0.349 e. The number of hydrogen-bond donors (Lipinski definition) is 1. The molecule has 0 aliphatic heterocycles. The van der Waals surface area contributed by atoms with Crippen LogP contribution in [0, 0.1) is 0 Å². The Kier molecular flexibility index (Phi) is 6.09. The molecule has 1 aliphatic carbocycles. The van der Waals surface area contributed by atoms with Crippen molar-refractivity contribution in [2.24, 2.45) is 14.1 Å². The number of aryl methyl sites for hydroxylation is 2. The summed E-state index contributed by atoms with van der Waals surface area (Å²) in [6.07, 6.45) is -9.07. The molecular formula is C21H16ClF8N5O. The minimum atomic E-state index is -6.31. The highest BCUT2D eigenvalue weighted by atomic mass is 35.5. The van der Waals surface area contributed by atoms with Gasteiger partial charge in [-0.15, -0.1) is 0 Å². The Hall–Kier alpha value is -3.16. The fourth-order valence-electron chi connectivity index (χ4n) is 3.58. The first-order valence-corrected chi connectivity index (χ1v) is 10.6. The molecule has 0 unspecified atom stereocenters. The summed E-state index contributed by atoms with van der Waals surface area (Å²) < 4.78 is 110. The summed E-state index contributed by atoms with van der Waals surface area (Å²) in [7, 11) is 2.04. The molecule has 2 heterocycles. The van der Waals surface area contributed by atoms with Gasteiger partial charge in [-0.05, 0) is 25.0 Å². The molecule has 0 spiro atoms. The van der Waals surface area contributed by atoms with Gasteiger partial charge in [-0.2, -0.15) is 40.2 Å². The predicted octanol–water partition coefficient (Wildman–Crippen LogP) is 5.71. The van der Waals surface area contributed by atoms with Gasteiger partial charge in [-0.25, -0.2) is 4.98 Å². The van der Waals surface area contributed by atoms with E-state index in [1.165, 1.54) is 31.4 Å². The van der Waals surface area contributed by atoms with Gasteiger partial charge >= 0.3 is 18.3 Å². The Morgan fingerprint density at radius 2 is 1.72 bits per heavy atom. The van der Waals surface area contributed by atoms with E-state index >= 15 is 0 Å². The number of alkyl halides is 8. The SMILES string of the molecule is Cn1cc(-c2ccc(Cl)c(C(=O)NC3CC3)c2)nc1-c1c(C(F)(F)F)c(C(F)(F)C(F)(F)F)nn1C. The third-order valence-corrected chi connectivity index (χ3v) is 5.82. The van der Waals surface area contributed by atoms with E-state index in [9.17, 15) is 39.9 Å². The predicted molar refractivity (Wildman–Crippen MR) is 111 cm³/mol. The minimum absolute atomic E-state index is 0.0168. The first-order valence-electron chi connectivity index (χ1n) is 10.3. The van der Waals surface area contributed by atoms with E-state index in [4.69, 9.17) is 11.6 Å². The third kappa shape index (κ3) is 4.53. The number of nitrogens with zero attached hydrogens (tertiary/aromatic N) is 4. The fourth-order valence-corrected chi connectivity index (χ4v) is 3.78. The van der Waals surface area contributed by atoms with E-state index in [0.717, 1.165) is 24.5 Å². The van der Waals surface area contributed by atoms with Gasteiger partial charge in [-0.1, -0.05) is 17.7 Å². The molecule has 4 rings (SSSR count). The highest BCUT2D eigenvalue weighted by molar-refractivity contribution is 6.34. The molecule has 2 aromatic heterocycles. The van der Waals surface area contributed by atoms with Crippen LogP contribution in [0.4, 0.5) is 35.1 Å². The van der Waals surface area contributed by atoms with Crippen LogP contribution in [-0.4, -0.2) is 37.5 Å². The lowest BCUT2D eigenvalue weighted by Crippen LogP contribution is -2.36. The smallest absolute Gasteiger partial charge is 0.349 e. The molecule has 1 saturated carbocycles. The summed E-state index contributed by atoms with van der Waals surface area (Å²) in [6, 6.07) is 4.18. The van der Waals surface area contributed by atoms with Crippen molar-refractivity contribution in [2.45, 2.75) is 37.2 Å². The van der Waals surface area contributed by atoms with Crippen LogP contribution in [0.5, 0.6) is 0 Å². The lowest BCUT2D eigenvalue weighted by Gasteiger charge is -2.19. The van der Waals surface area contributed by atoms with E-state index in [-0.39, 0.29) is 32.6 Å². The van der Waals surface area contributed by atoms with Crippen molar-refractivity contribution in [3.05, 3.63) is 46.2 Å². The van der Waals surface area contributed by atoms with Crippen LogP contribution in [0.2, 0.25) is 5.02 Å². The summed E-state index contributed by atoms with van der Waals surface area (Å²) in [5.41, 5.74) is -5.47. The molecule has 1 aliphatic rings. The van der Waals surface area contributed by atoms with E-state index in [0.29, 0.717) is 0 Å². The number of rotatable bonds is 5. The first kappa shape index (κ1) is 25.9. The largest absolute Gasteiger partial charge is 0.459 e. The van der Waals surface area contributed by atoms with Gasteiger partial charge in [0.15, 0.2) is 11.5 Å². The summed E-state index contributed by atoms with van der Waals surface area (Å²) in [6.45, 7) is 0. The third-order valence-electron chi connectivity index (χ3n) is 5.49. The van der Waals surface area contributed by atoms with Gasteiger partial charge in [0, 0.05) is 31.9 Å². The quantitative estimate of drug-likeness (QED) is 0.421. The van der Waals surface area contributed by atoms with Crippen molar-refractivity contribution in [2.75, 3.05) is 0 Å². The van der Waals surface area contributed by atoms with E-state index in [2.05, 4.69) is 15.4 Å². The van der Waals surface area contributed by atoms with Crippen molar-refractivity contribution in [1.29, 1.82) is 0 Å². The lowest BCUT2D eigenvalue weighted by atomic mass is 10.1. The second-order valence-electron chi connectivity index (χ2n) is 8.27. The summed E-state index contributed by atoms with van der Waals surface area (Å²) in [4.78, 5) is 16.5.